The normalized spacial score (nSPS) is 26.0. The number of carbonyl (C=O) groups excluding carboxylic acids is 1. The summed E-state index contributed by atoms with van der Waals surface area (Å²) in [6, 6.07) is 5.67. The van der Waals surface area contributed by atoms with E-state index in [1.54, 1.807) is 13.3 Å². The van der Waals surface area contributed by atoms with Gasteiger partial charge in [-0.3, -0.25) is 9.79 Å². The highest BCUT2D eigenvalue weighted by Crippen LogP contribution is 2.36. The van der Waals surface area contributed by atoms with Gasteiger partial charge in [-0.15, -0.1) is 0 Å². The maximum absolute atomic E-state index is 13.0. The largest absolute Gasteiger partial charge is 0.390 e. The summed E-state index contributed by atoms with van der Waals surface area (Å²) in [5, 5.41) is 13.0. The number of amidine groups is 1. The number of aliphatic hydroxyl groups is 1. The minimum Gasteiger partial charge on any atom is -0.390 e. The van der Waals surface area contributed by atoms with Crippen LogP contribution in [-0.4, -0.2) is 60.1 Å². The lowest BCUT2D eigenvalue weighted by molar-refractivity contribution is -0.117. The van der Waals surface area contributed by atoms with Crippen LogP contribution in [0.1, 0.15) is 31.2 Å². The molecule has 0 spiro atoms. The topological polar surface area (TPSA) is 96.2 Å². The van der Waals surface area contributed by atoms with E-state index in [4.69, 9.17) is 4.74 Å². The van der Waals surface area contributed by atoms with Crippen LogP contribution in [0.4, 0.5) is 9.52 Å². The van der Waals surface area contributed by atoms with E-state index >= 15 is 0 Å². The third kappa shape index (κ3) is 5.23. The second-order valence-electron chi connectivity index (χ2n) is 7.82. The van der Waals surface area contributed by atoms with Gasteiger partial charge in [0.05, 0.1) is 28.3 Å². The number of nitrogens with one attached hydrogen (secondary N) is 1. The van der Waals surface area contributed by atoms with Gasteiger partial charge in [0.25, 0.3) is 0 Å². The SMILES string of the molecule is C=C(/C=N\C(CO[C@H]1CCC[C@@H]1O)=N/C)c1ccc2nc(NC(=O)[C@@H]3C[C@@H]3F)sc2c1. The van der Waals surface area contributed by atoms with Gasteiger partial charge in [0.2, 0.25) is 5.91 Å². The third-order valence-electron chi connectivity index (χ3n) is 5.51. The highest BCUT2D eigenvalue weighted by Gasteiger charge is 2.43. The van der Waals surface area contributed by atoms with Crippen LogP contribution in [0.3, 0.4) is 0 Å². The Bertz CT molecular complexity index is 1050. The molecule has 164 valence electrons. The molecule has 1 heterocycles. The zero-order chi connectivity index (χ0) is 22.0. The fourth-order valence-corrected chi connectivity index (χ4v) is 4.39. The Hall–Kier alpha value is -2.49. The maximum atomic E-state index is 13.0. The number of hydrogen-bond acceptors (Lipinski definition) is 6. The van der Waals surface area contributed by atoms with Crippen molar-refractivity contribution in [3.8, 4) is 0 Å². The lowest BCUT2D eigenvalue weighted by Crippen LogP contribution is -2.25. The van der Waals surface area contributed by atoms with Crippen molar-refractivity contribution in [1.82, 2.24) is 4.98 Å². The van der Waals surface area contributed by atoms with E-state index in [1.165, 1.54) is 11.3 Å². The zero-order valence-electron chi connectivity index (χ0n) is 17.3. The predicted molar refractivity (Wildman–Crippen MR) is 122 cm³/mol. The van der Waals surface area contributed by atoms with Gasteiger partial charge in [-0.05, 0) is 49.0 Å². The van der Waals surface area contributed by atoms with Crippen molar-refractivity contribution in [1.29, 1.82) is 0 Å². The molecule has 0 unspecified atom stereocenters. The Morgan fingerprint density at radius 2 is 2.29 bits per heavy atom. The molecule has 4 rings (SSSR count). The number of halogens is 1. The average molecular weight is 445 g/mol. The molecule has 0 bridgehead atoms. The minimum atomic E-state index is -1.03. The zero-order valence-corrected chi connectivity index (χ0v) is 18.1. The van der Waals surface area contributed by atoms with Crippen molar-refractivity contribution >= 4 is 50.2 Å². The number of hydrogen-bond donors (Lipinski definition) is 2. The molecule has 2 saturated carbocycles. The van der Waals surface area contributed by atoms with E-state index in [0.29, 0.717) is 16.5 Å². The van der Waals surface area contributed by atoms with Crippen molar-refractivity contribution in [3.05, 3.63) is 30.3 Å². The lowest BCUT2D eigenvalue weighted by Gasteiger charge is -2.14. The Labute approximate surface area is 183 Å². The molecule has 0 radical (unpaired) electrons. The van der Waals surface area contributed by atoms with Crippen molar-refractivity contribution in [2.24, 2.45) is 15.9 Å². The first-order valence-corrected chi connectivity index (χ1v) is 11.1. The Morgan fingerprint density at radius 1 is 1.48 bits per heavy atom. The number of amides is 1. The van der Waals surface area contributed by atoms with Crippen LogP contribution < -0.4 is 5.32 Å². The molecule has 2 aliphatic rings. The van der Waals surface area contributed by atoms with Gasteiger partial charge >= 0.3 is 0 Å². The highest BCUT2D eigenvalue weighted by atomic mass is 32.1. The predicted octanol–water partition coefficient (Wildman–Crippen LogP) is 3.64. The molecule has 1 aromatic heterocycles. The van der Waals surface area contributed by atoms with Gasteiger partial charge in [0.15, 0.2) is 5.13 Å². The molecule has 7 nitrogen and oxygen atoms in total. The summed E-state index contributed by atoms with van der Waals surface area (Å²) in [4.78, 5) is 24.8. The standard InChI is InChI=1S/C22H25FN4O3S/c1-12(10-25-20(24-2)11-30-18-5-3-4-17(18)28)13-6-7-16-19(8-13)31-22(26-16)27-21(29)14-9-15(14)23/h6-8,10,14-15,17-18,28H,1,3-5,9,11H2,2H3,(H,26,27,29)/b24-20-,25-10-/t14-,15+,17+,18+/m1/s1. The Kier molecular flexibility index (Phi) is 6.54. The number of carbonyl (C=O) groups is 1. The van der Waals surface area contributed by atoms with Crippen molar-refractivity contribution in [3.63, 3.8) is 0 Å². The molecule has 2 N–H and O–H groups in total. The summed E-state index contributed by atoms with van der Waals surface area (Å²) in [5.74, 6) is -0.341. The number of fused-ring (bicyclic) bond motifs is 1. The molecular weight excluding hydrogens is 419 g/mol. The number of alkyl halides is 1. The molecule has 2 aromatic rings. The van der Waals surface area contributed by atoms with Crippen molar-refractivity contribution in [2.75, 3.05) is 19.0 Å². The molecule has 0 aliphatic heterocycles. The number of rotatable bonds is 7. The quantitative estimate of drug-likeness (QED) is 0.503. The molecule has 0 saturated heterocycles. The van der Waals surface area contributed by atoms with Gasteiger partial charge in [0, 0.05) is 13.3 Å². The molecular formula is C22H25FN4O3S. The van der Waals surface area contributed by atoms with E-state index in [2.05, 4.69) is 26.9 Å². The van der Waals surface area contributed by atoms with E-state index in [1.807, 2.05) is 18.2 Å². The summed E-state index contributed by atoms with van der Waals surface area (Å²) in [5.41, 5.74) is 2.31. The Balaban J connectivity index is 1.37. The molecule has 1 amide bonds. The second kappa shape index (κ2) is 9.33. The molecule has 2 aliphatic carbocycles. The Morgan fingerprint density at radius 3 is 2.97 bits per heavy atom. The number of thiazole rings is 1. The van der Waals surface area contributed by atoms with Gasteiger partial charge in [-0.2, -0.15) is 0 Å². The second-order valence-corrected chi connectivity index (χ2v) is 8.85. The fraction of sp³-hybridized carbons (Fsp3) is 0.455. The van der Waals surface area contributed by atoms with Crippen LogP contribution in [-0.2, 0) is 9.53 Å². The van der Waals surface area contributed by atoms with E-state index in [9.17, 15) is 14.3 Å². The van der Waals surface area contributed by atoms with Crippen molar-refractivity contribution in [2.45, 2.75) is 44.1 Å². The monoisotopic (exact) mass is 444 g/mol. The van der Waals surface area contributed by atoms with Crippen LogP contribution in [0.5, 0.6) is 0 Å². The number of nitrogens with zero attached hydrogens (tertiary/aromatic N) is 3. The summed E-state index contributed by atoms with van der Waals surface area (Å²) in [6.45, 7) is 4.31. The summed E-state index contributed by atoms with van der Waals surface area (Å²) < 4.78 is 19.7. The summed E-state index contributed by atoms with van der Waals surface area (Å²) in [7, 11) is 1.65. The number of aromatic nitrogens is 1. The van der Waals surface area contributed by atoms with Gasteiger partial charge < -0.3 is 15.2 Å². The number of aliphatic hydroxyl groups excluding tert-OH is 1. The minimum absolute atomic E-state index is 0.158. The maximum Gasteiger partial charge on any atom is 0.232 e. The third-order valence-corrected chi connectivity index (χ3v) is 6.44. The lowest BCUT2D eigenvalue weighted by atomic mass is 10.1. The summed E-state index contributed by atoms with van der Waals surface area (Å²) in [6.07, 6.45) is 2.90. The number of aliphatic imine (C=N–C) groups is 2. The molecule has 2 fully saturated rings. The smallest absolute Gasteiger partial charge is 0.232 e. The van der Waals surface area contributed by atoms with Gasteiger partial charge in [-0.1, -0.05) is 24.0 Å². The number of allylic oxidation sites excluding steroid dienone is 1. The van der Waals surface area contributed by atoms with E-state index in [-0.39, 0.29) is 25.0 Å². The molecule has 4 atom stereocenters. The first-order chi connectivity index (χ1) is 14.9. The van der Waals surface area contributed by atoms with Crippen LogP contribution in [0.15, 0.2) is 34.8 Å². The molecule has 1 aromatic carbocycles. The van der Waals surface area contributed by atoms with Gasteiger partial charge in [-0.25, -0.2) is 14.4 Å². The average Bonchev–Trinajstić information content (AvgIpc) is 3.15. The van der Waals surface area contributed by atoms with Crippen LogP contribution in [0.25, 0.3) is 15.8 Å². The fourth-order valence-electron chi connectivity index (χ4n) is 3.48. The van der Waals surface area contributed by atoms with Crippen LogP contribution in [0, 0.1) is 5.92 Å². The summed E-state index contributed by atoms with van der Waals surface area (Å²) >= 11 is 1.34. The van der Waals surface area contributed by atoms with E-state index in [0.717, 1.165) is 35.0 Å². The molecule has 9 heteroatoms. The van der Waals surface area contributed by atoms with Crippen LogP contribution in [0.2, 0.25) is 0 Å². The molecule has 31 heavy (non-hydrogen) atoms. The number of benzene rings is 1. The number of ether oxygens (including phenoxy) is 1. The van der Waals surface area contributed by atoms with E-state index < -0.39 is 18.2 Å². The highest BCUT2D eigenvalue weighted by molar-refractivity contribution is 7.22. The number of anilines is 1. The first-order valence-electron chi connectivity index (χ1n) is 10.3. The van der Waals surface area contributed by atoms with Crippen molar-refractivity contribution < 1.29 is 19.0 Å². The van der Waals surface area contributed by atoms with Crippen LogP contribution >= 0.6 is 11.3 Å². The first kappa shape index (κ1) is 21.7. The van der Waals surface area contributed by atoms with Gasteiger partial charge in [0.1, 0.15) is 18.6 Å².